The lowest BCUT2D eigenvalue weighted by Gasteiger charge is -2.12. The van der Waals surface area contributed by atoms with E-state index in [1.807, 2.05) is 56.3 Å². The maximum atomic E-state index is 12.6. The van der Waals surface area contributed by atoms with Gasteiger partial charge in [-0.05, 0) is 55.3 Å². The molecule has 0 bridgehead atoms. The SMILES string of the molecule is COc1cc(C=C(C#N)C(=O)Nc2ccc(C)cc2C)ccc1OCc1ccccc1Cl. The van der Waals surface area contributed by atoms with E-state index in [0.717, 1.165) is 16.7 Å². The molecule has 162 valence electrons. The van der Waals surface area contributed by atoms with Gasteiger partial charge in [-0.25, -0.2) is 0 Å². The van der Waals surface area contributed by atoms with Crippen molar-refractivity contribution in [2.75, 3.05) is 12.4 Å². The maximum Gasteiger partial charge on any atom is 0.266 e. The lowest BCUT2D eigenvalue weighted by atomic mass is 10.1. The third kappa shape index (κ3) is 5.69. The normalized spacial score (nSPS) is 10.9. The Labute approximate surface area is 192 Å². The molecule has 0 aromatic heterocycles. The Morgan fingerprint density at radius 3 is 2.56 bits per heavy atom. The van der Waals surface area contributed by atoms with Crippen LogP contribution in [-0.4, -0.2) is 13.0 Å². The molecular formula is C26H23ClN2O3. The van der Waals surface area contributed by atoms with E-state index in [0.29, 0.717) is 27.8 Å². The zero-order valence-corrected chi connectivity index (χ0v) is 18.9. The van der Waals surface area contributed by atoms with Crippen LogP contribution < -0.4 is 14.8 Å². The number of hydrogen-bond acceptors (Lipinski definition) is 4. The molecule has 0 aliphatic heterocycles. The van der Waals surface area contributed by atoms with Crippen LogP contribution in [-0.2, 0) is 11.4 Å². The Hall–Kier alpha value is -3.75. The van der Waals surface area contributed by atoms with Gasteiger partial charge in [0.05, 0.1) is 7.11 Å². The summed E-state index contributed by atoms with van der Waals surface area (Å²) in [5.74, 6) is 0.540. The number of hydrogen-bond donors (Lipinski definition) is 1. The summed E-state index contributed by atoms with van der Waals surface area (Å²) in [5.41, 5.74) is 4.17. The quantitative estimate of drug-likeness (QED) is 0.352. The standard InChI is InChI=1S/C26H23ClN2O3/c1-17-8-10-23(18(2)12-17)29-26(30)21(15-28)13-19-9-11-24(25(14-19)31-3)32-16-20-6-4-5-7-22(20)27/h4-14H,16H2,1-3H3,(H,29,30). The number of anilines is 1. The van der Waals surface area contributed by atoms with Gasteiger partial charge in [-0.3, -0.25) is 4.79 Å². The number of methoxy groups -OCH3 is 1. The Balaban J connectivity index is 1.77. The highest BCUT2D eigenvalue weighted by Gasteiger charge is 2.13. The van der Waals surface area contributed by atoms with Gasteiger partial charge in [0.25, 0.3) is 5.91 Å². The van der Waals surface area contributed by atoms with Gasteiger partial charge in [0, 0.05) is 16.3 Å². The molecule has 3 aromatic rings. The molecule has 0 aliphatic carbocycles. The molecule has 0 fully saturated rings. The van der Waals surface area contributed by atoms with E-state index < -0.39 is 5.91 Å². The summed E-state index contributed by atoms with van der Waals surface area (Å²) in [6, 6.07) is 20.3. The van der Waals surface area contributed by atoms with E-state index in [1.54, 1.807) is 24.3 Å². The molecule has 0 atom stereocenters. The second-order valence-electron chi connectivity index (χ2n) is 7.23. The third-order valence-electron chi connectivity index (χ3n) is 4.83. The second-order valence-corrected chi connectivity index (χ2v) is 7.64. The summed E-state index contributed by atoms with van der Waals surface area (Å²) in [5, 5.41) is 12.9. The first-order chi connectivity index (χ1) is 15.4. The van der Waals surface area contributed by atoms with Crippen molar-refractivity contribution in [3.8, 4) is 17.6 Å². The van der Waals surface area contributed by atoms with Crippen LogP contribution in [0.15, 0.2) is 66.2 Å². The average molecular weight is 447 g/mol. The average Bonchev–Trinajstić information content (AvgIpc) is 2.79. The molecule has 1 amide bonds. The van der Waals surface area contributed by atoms with Gasteiger partial charge in [-0.1, -0.05) is 53.6 Å². The number of aryl methyl sites for hydroxylation is 2. The number of rotatable bonds is 7. The van der Waals surface area contributed by atoms with Crippen molar-refractivity contribution < 1.29 is 14.3 Å². The van der Waals surface area contributed by atoms with Gasteiger partial charge in [0.1, 0.15) is 18.2 Å². The van der Waals surface area contributed by atoms with Gasteiger partial charge < -0.3 is 14.8 Å². The summed E-state index contributed by atoms with van der Waals surface area (Å²) in [6.07, 6.45) is 1.51. The van der Waals surface area contributed by atoms with Crippen LogP contribution in [0.5, 0.6) is 11.5 Å². The minimum absolute atomic E-state index is 0.0169. The highest BCUT2D eigenvalue weighted by Crippen LogP contribution is 2.30. The molecule has 3 aromatic carbocycles. The molecule has 0 spiro atoms. The number of nitriles is 1. The van der Waals surface area contributed by atoms with Crippen LogP contribution >= 0.6 is 11.6 Å². The molecule has 1 N–H and O–H groups in total. The maximum absolute atomic E-state index is 12.6. The van der Waals surface area contributed by atoms with E-state index in [9.17, 15) is 10.1 Å². The van der Waals surface area contributed by atoms with Crippen molar-refractivity contribution >= 4 is 29.3 Å². The Kier molecular flexibility index (Phi) is 7.54. The zero-order valence-electron chi connectivity index (χ0n) is 18.1. The molecule has 0 unspecified atom stereocenters. The van der Waals surface area contributed by atoms with Crippen LogP contribution in [0.4, 0.5) is 5.69 Å². The van der Waals surface area contributed by atoms with Crippen LogP contribution in [0, 0.1) is 25.2 Å². The molecule has 0 radical (unpaired) electrons. The molecular weight excluding hydrogens is 424 g/mol. The van der Waals surface area contributed by atoms with Crippen molar-refractivity contribution in [2.24, 2.45) is 0 Å². The van der Waals surface area contributed by atoms with Gasteiger partial charge in [0.15, 0.2) is 11.5 Å². The molecule has 3 rings (SSSR count). The molecule has 0 heterocycles. The van der Waals surface area contributed by atoms with Crippen molar-refractivity contribution in [1.82, 2.24) is 0 Å². The van der Waals surface area contributed by atoms with Crippen molar-refractivity contribution in [3.05, 3.63) is 93.5 Å². The van der Waals surface area contributed by atoms with E-state index in [-0.39, 0.29) is 12.2 Å². The summed E-state index contributed by atoms with van der Waals surface area (Å²) < 4.78 is 11.3. The van der Waals surface area contributed by atoms with Crippen LogP contribution in [0.1, 0.15) is 22.3 Å². The van der Waals surface area contributed by atoms with Crippen LogP contribution in [0.3, 0.4) is 0 Å². The van der Waals surface area contributed by atoms with E-state index in [1.165, 1.54) is 13.2 Å². The second kappa shape index (κ2) is 10.5. The van der Waals surface area contributed by atoms with Gasteiger partial charge in [0.2, 0.25) is 0 Å². The highest BCUT2D eigenvalue weighted by molar-refractivity contribution is 6.31. The lowest BCUT2D eigenvalue weighted by molar-refractivity contribution is -0.112. The van der Waals surface area contributed by atoms with Gasteiger partial charge in [-0.2, -0.15) is 5.26 Å². The van der Waals surface area contributed by atoms with Crippen molar-refractivity contribution in [1.29, 1.82) is 5.26 Å². The number of benzene rings is 3. The first-order valence-corrected chi connectivity index (χ1v) is 10.3. The summed E-state index contributed by atoms with van der Waals surface area (Å²) in [4.78, 5) is 12.6. The Morgan fingerprint density at radius 1 is 1.09 bits per heavy atom. The van der Waals surface area contributed by atoms with E-state index in [2.05, 4.69) is 5.32 Å². The third-order valence-corrected chi connectivity index (χ3v) is 5.20. The number of carbonyl (C=O) groups excluding carboxylic acids is 1. The van der Waals surface area contributed by atoms with Gasteiger partial charge in [-0.15, -0.1) is 0 Å². The fourth-order valence-corrected chi connectivity index (χ4v) is 3.31. The lowest BCUT2D eigenvalue weighted by Crippen LogP contribution is -2.14. The number of nitrogens with one attached hydrogen (secondary N) is 1. The number of amides is 1. The molecule has 0 saturated carbocycles. The van der Waals surface area contributed by atoms with Crippen LogP contribution in [0.2, 0.25) is 5.02 Å². The fraction of sp³-hybridized carbons (Fsp3) is 0.154. The first kappa shape index (κ1) is 22.9. The topological polar surface area (TPSA) is 71.3 Å². The Morgan fingerprint density at radius 2 is 1.88 bits per heavy atom. The zero-order chi connectivity index (χ0) is 23.1. The largest absolute Gasteiger partial charge is 0.493 e. The number of halogens is 1. The fourth-order valence-electron chi connectivity index (χ4n) is 3.12. The summed E-state index contributed by atoms with van der Waals surface area (Å²) >= 11 is 6.18. The first-order valence-electron chi connectivity index (χ1n) is 9.96. The predicted molar refractivity (Wildman–Crippen MR) is 127 cm³/mol. The molecule has 5 nitrogen and oxygen atoms in total. The molecule has 0 saturated heterocycles. The van der Waals surface area contributed by atoms with Crippen molar-refractivity contribution in [3.63, 3.8) is 0 Å². The summed E-state index contributed by atoms with van der Waals surface area (Å²) in [7, 11) is 1.53. The number of carbonyl (C=O) groups is 1. The molecule has 6 heteroatoms. The summed E-state index contributed by atoms with van der Waals surface area (Å²) in [6.45, 7) is 4.17. The molecule has 32 heavy (non-hydrogen) atoms. The van der Waals surface area contributed by atoms with Crippen LogP contribution in [0.25, 0.3) is 6.08 Å². The highest BCUT2D eigenvalue weighted by atomic mass is 35.5. The van der Waals surface area contributed by atoms with Gasteiger partial charge >= 0.3 is 0 Å². The molecule has 0 aliphatic rings. The Bertz CT molecular complexity index is 1210. The minimum atomic E-state index is -0.475. The number of ether oxygens (including phenoxy) is 2. The monoisotopic (exact) mass is 446 g/mol. The van der Waals surface area contributed by atoms with E-state index >= 15 is 0 Å². The predicted octanol–water partition coefficient (Wildman–Crippen LogP) is 6.09. The smallest absolute Gasteiger partial charge is 0.266 e. The van der Waals surface area contributed by atoms with Crippen molar-refractivity contribution in [2.45, 2.75) is 20.5 Å². The van der Waals surface area contributed by atoms with E-state index in [4.69, 9.17) is 21.1 Å². The number of nitrogens with zero attached hydrogens (tertiary/aromatic N) is 1. The minimum Gasteiger partial charge on any atom is -0.493 e.